The molecule has 0 aliphatic carbocycles. The molecule has 3 rings (SSSR count). The first kappa shape index (κ1) is 15.1. The van der Waals surface area contributed by atoms with Gasteiger partial charge in [-0.3, -0.25) is 19.5 Å². The molecule has 23 heavy (non-hydrogen) atoms. The van der Waals surface area contributed by atoms with Gasteiger partial charge in [0.2, 0.25) is 11.8 Å². The van der Waals surface area contributed by atoms with Crippen molar-refractivity contribution in [3.8, 4) is 11.5 Å². The highest BCUT2D eigenvalue weighted by molar-refractivity contribution is 9.10. The monoisotopic (exact) mass is 376 g/mol. The minimum Gasteiger partial charge on any atom is -0.419 e. The van der Waals surface area contributed by atoms with E-state index in [0.717, 1.165) is 32.9 Å². The summed E-state index contributed by atoms with van der Waals surface area (Å²) in [5.74, 6) is 0.497. The molecule has 8 nitrogen and oxygen atoms in total. The van der Waals surface area contributed by atoms with E-state index in [1.807, 2.05) is 12.1 Å². The van der Waals surface area contributed by atoms with Crippen molar-refractivity contribution in [2.24, 2.45) is 0 Å². The molecule has 9 heteroatoms. The van der Waals surface area contributed by atoms with Crippen LogP contribution in [-0.4, -0.2) is 19.7 Å². The first-order chi connectivity index (χ1) is 11.0. The lowest BCUT2D eigenvalue weighted by Gasteiger charge is -2.01. The van der Waals surface area contributed by atoms with Crippen LogP contribution in [0.4, 0.5) is 5.69 Å². The van der Waals surface area contributed by atoms with Crippen LogP contribution in [0.1, 0.15) is 5.89 Å². The summed E-state index contributed by atoms with van der Waals surface area (Å²) in [5.41, 5.74) is 0.162. The smallest absolute Gasteiger partial charge is 0.285 e. The zero-order chi connectivity index (χ0) is 16.4. The minimum atomic E-state index is -0.572. The molecule has 0 radical (unpaired) electrons. The van der Waals surface area contributed by atoms with Gasteiger partial charge in [0, 0.05) is 22.2 Å². The number of nitrogens with zero attached hydrogens (tertiary/aromatic N) is 4. The molecular formula is C14H9BrN4O4. The Hall–Kier alpha value is -2.81. The molecule has 116 valence electrons. The molecule has 3 aromatic rings. The highest BCUT2D eigenvalue weighted by Crippen LogP contribution is 2.20. The van der Waals surface area contributed by atoms with Gasteiger partial charge in [-0.15, -0.1) is 10.2 Å². The Balaban J connectivity index is 1.87. The van der Waals surface area contributed by atoms with E-state index in [0.29, 0.717) is 5.89 Å². The highest BCUT2D eigenvalue weighted by Gasteiger charge is 2.12. The summed E-state index contributed by atoms with van der Waals surface area (Å²) >= 11 is 3.33. The third-order valence-corrected chi connectivity index (χ3v) is 3.57. The van der Waals surface area contributed by atoms with Gasteiger partial charge in [0.25, 0.3) is 11.2 Å². The fraction of sp³-hybridized carbons (Fsp3) is 0.0714. The number of hydrogen-bond donors (Lipinski definition) is 0. The van der Waals surface area contributed by atoms with Crippen LogP contribution in [0.15, 0.2) is 56.3 Å². The fourth-order valence-corrected chi connectivity index (χ4v) is 2.19. The molecule has 0 saturated carbocycles. The summed E-state index contributed by atoms with van der Waals surface area (Å²) in [5, 5.41) is 18.6. The number of aromatic nitrogens is 3. The fourth-order valence-electron chi connectivity index (χ4n) is 1.92. The molecule has 0 unspecified atom stereocenters. The van der Waals surface area contributed by atoms with Gasteiger partial charge in [0.1, 0.15) is 6.54 Å². The number of halogens is 1. The van der Waals surface area contributed by atoms with Crippen molar-refractivity contribution >= 4 is 21.6 Å². The maximum Gasteiger partial charge on any atom is 0.285 e. The normalized spacial score (nSPS) is 10.7. The first-order valence-electron chi connectivity index (χ1n) is 6.46. The minimum absolute atomic E-state index is 0.0377. The number of hydrogen-bond acceptors (Lipinski definition) is 6. The van der Waals surface area contributed by atoms with Crippen LogP contribution in [0.3, 0.4) is 0 Å². The predicted octanol–water partition coefficient (Wildman–Crippen LogP) is 2.62. The van der Waals surface area contributed by atoms with Gasteiger partial charge >= 0.3 is 0 Å². The average molecular weight is 377 g/mol. The summed E-state index contributed by atoms with van der Waals surface area (Å²) in [6.45, 7) is -0.0377. The molecule has 1 aromatic carbocycles. The van der Waals surface area contributed by atoms with Crippen molar-refractivity contribution < 1.29 is 9.34 Å². The molecule has 0 saturated heterocycles. The largest absolute Gasteiger partial charge is 0.419 e. The summed E-state index contributed by atoms with van der Waals surface area (Å²) in [6.07, 6.45) is 1.14. The quantitative estimate of drug-likeness (QED) is 0.511. The highest BCUT2D eigenvalue weighted by atomic mass is 79.9. The number of pyridine rings is 1. The Labute approximate surface area is 137 Å². The number of nitro groups is 1. The molecular weight excluding hydrogens is 368 g/mol. The van der Waals surface area contributed by atoms with Crippen LogP contribution in [0.5, 0.6) is 0 Å². The predicted molar refractivity (Wildman–Crippen MR) is 83.9 cm³/mol. The molecule has 0 aliphatic rings. The van der Waals surface area contributed by atoms with Crippen molar-refractivity contribution in [1.82, 2.24) is 14.8 Å². The van der Waals surface area contributed by atoms with Crippen LogP contribution < -0.4 is 5.56 Å². The van der Waals surface area contributed by atoms with E-state index in [-0.39, 0.29) is 23.7 Å². The van der Waals surface area contributed by atoms with E-state index >= 15 is 0 Å². The third-order valence-electron chi connectivity index (χ3n) is 3.04. The zero-order valence-electron chi connectivity index (χ0n) is 11.5. The van der Waals surface area contributed by atoms with E-state index in [1.165, 1.54) is 0 Å². The van der Waals surface area contributed by atoms with Crippen LogP contribution in [-0.2, 0) is 6.54 Å². The maximum absolute atomic E-state index is 11.8. The summed E-state index contributed by atoms with van der Waals surface area (Å²) in [4.78, 5) is 22.0. The van der Waals surface area contributed by atoms with Gasteiger partial charge in [0.15, 0.2) is 0 Å². The Morgan fingerprint density at radius 1 is 1.17 bits per heavy atom. The molecule has 2 heterocycles. The summed E-state index contributed by atoms with van der Waals surface area (Å²) in [6, 6.07) is 9.57. The maximum atomic E-state index is 11.8. The Morgan fingerprint density at radius 3 is 2.61 bits per heavy atom. The molecule has 0 atom stereocenters. The number of benzene rings is 1. The van der Waals surface area contributed by atoms with Gasteiger partial charge in [-0.25, -0.2) is 0 Å². The van der Waals surface area contributed by atoms with E-state index in [9.17, 15) is 14.9 Å². The van der Waals surface area contributed by atoms with Gasteiger partial charge in [0.05, 0.1) is 11.1 Å². The molecule has 0 fully saturated rings. The molecule has 0 aliphatic heterocycles. The standard InChI is InChI=1S/C14H9BrN4O4/c15-10-3-1-9(2-4-10)14-17-16-12(23-14)8-18-7-11(19(21)22)5-6-13(18)20/h1-7H,8H2. The lowest BCUT2D eigenvalue weighted by atomic mass is 10.2. The number of rotatable bonds is 4. The summed E-state index contributed by atoms with van der Waals surface area (Å²) in [7, 11) is 0. The lowest BCUT2D eigenvalue weighted by Crippen LogP contribution is -2.19. The summed E-state index contributed by atoms with van der Waals surface area (Å²) < 4.78 is 7.57. The van der Waals surface area contributed by atoms with Gasteiger partial charge in [-0.2, -0.15) is 0 Å². The van der Waals surface area contributed by atoms with Crippen LogP contribution in [0, 0.1) is 10.1 Å². The van der Waals surface area contributed by atoms with Crippen molar-refractivity contribution in [3.05, 3.63) is 73.4 Å². The van der Waals surface area contributed by atoms with Crippen LogP contribution in [0.25, 0.3) is 11.5 Å². The molecule has 0 bridgehead atoms. The van der Waals surface area contributed by atoms with Crippen LogP contribution in [0.2, 0.25) is 0 Å². The van der Waals surface area contributed by atoms with Gasteiger partial charge in [-0.05, 0) is 24.3 Å². The van der Waals surface area contributed by atoms with Crippen molar-refractivity contribution in [3.63, 3.8) is 0 Å². The molecule has 0 amide bonds. The van der Waals surface area contributed by atoms with E-state index in [1.54, 1.807) is 12.1 Å². The van der Waals surface area contributed by atoms with Crippen molar-refractivity contribution in [2.45, 2.75) is 6.54 Å². The van der Waals surface area contributed by atoms with Gasteiger partial charge in [-0.1, -0.05) is 15.9 Å². The average Bonchev–Trinajstić information content (AvgIpc) is 2.98. The Bertz CT molecular complexity index is 917. The first-order valence-corrected chi connectivity index (χ1v) is 7.25. The lowest BCUT2D eigenvalue weighted by molar-refractivity contribution is -0.385. The second-order valence-electron chi connectivity index (χ2n) is 4.62. The zero-order valence-corrected chi connectivity index (χ0v) is 13.1. The SMILES string of the molecule is O=c1ccc([N+](=O)[O-])cn1Cc1nnc(-c2ccc(Br)cc2)o1. The third kappa shape index (κ3) is 3.34. The molecule has 0 spiro atoms. The molecule has 0 N–H and O–H groups in total. The van der Waals surface area contributed by atoms with Crippen LogP contribution >= 0.6 is 15.9 Å². The Morgan fingerprint density at radius 2 is 1.91 bits per heavy atom. The Kier molecular flexibility index (Phi) is 4.02. The van der Waals surface area contributed by atoms with E-state index in [2.05, 4.69) is 26.1 Å². The van der Waals surface area contributed by atoms with E-state index < -0.39 is 4.92 Å². The molecule has 2 aromatic heterocycles. The second kappa shape index (κ2) is 6.13. The van der Waals surface area contributed by atoms with E-state index in [4.69, 9.17) is 4.42 Å². The van der Waals surface area contributed by atoms with Crippen molar-refractivity contribution in [2.75, 3.05) is 0 Å². The van der Waals surface area contributed by atoms with Crippen molar-refractivity contribution in [1.29, 1.82) is 0 Å². The van der Waals surface area contributed by atoms with Gasteiger partial charge < -0.3 is 4.42 Å². The topological polar surface area (TPSA) is 104 Å². The second-order valence-corrected chi connectivity index (χ2v) is 5.53.